The molecular weight excluding hydrogens is 520 g/mol. The average Bonchev–Trinajstić information content (AvgIpc) is 3.01. The molecule has 0 radical (unpaired) electrons. The molecule has 0 saturated carbocycles. The van der Waals surface area contributed by atoms with Gasteiger partial charge in [-0.15, -0.1) is 0 Å². The minimum Gasteiger partial charge on any atom is -0.462 e. The predicted molar refractivity (Wildman–Crippen MR) is 171 cm³/mol. The van der Waals surface area contributed by atoms with Gasteiger partial charge >= 0.3 is 11.9 Å². The molecule has 210 valence electrons. The Hall–Kier alpha value is -4.96. The summed E-state index contributed by atoms with van der Waals surface area (Å²) in [5, 5.41) is 4.72. The van der Waals surface area contributed by atoms with Crippen molar-refractivity contribution in [1.29, 1.82) is 0 Å². The number of hydrogen-bond donors (Lipinski definition) is 0. The Morgan fingerprint density at radius 2 is 0.976 bits per heavy atom. The third-order valence-electron chi connectivity index (χ3n) is 7.33. The van der Waals surface area contributed by atoms with Gasteiger partial charge in [-0.25, -0.2) is 9.59 Å². The summed E-state index contributed by atoms with van der Waals surface area (Å²) in [4.78, 5) is 23.5. The van der Waals surface area contributed by atoms with Crippen LogP contribution in [0.5, 0.6) is 0 Å². The number of hydrogen-bond acceptors (Lipinski definition) is 4. The van der Waals surface area contributed by atoms with Crippen molar-refractivity contribution in [2.24, 2.45) is 0 Å². The molecule has 0 aromatic heterocycles. The van der Waals surface area contributed by atoms with Crippen LogP contribution in [0.1, 0.15) is 31.4 Å². The zero-order valence-corrected chi connectivity index (χ0v) is 24.1. The summed E-state index contributed by atoms with van der Waals surface area (Å²) in [6, 6.07) is 34.0. The van der Waals surface area contributed by atoms with Crippen LogP contribution in [-0.2, 0) is 32.1 Å². The molecule has 0 unspecified atom stereocenters. The molecule has 0 amide bonds. The first kappa shape index (κ1) is 28.6. The minimum atomic E-state index is -0.385. The van der Waals surface area contributed by atoms with Gasteiger partial charge in [0.15, 0.2) is 0 Å². The van der Waals surface area contributed by atoms with Gasteiger partial charge in [0.25, 0.3) is 0 Å². The van der Waals surface area contributed by atoms with Crippen molar-refractivity contribution in [3.8, 4) is 22.3 Å². The van der Waals surface area contributed by atoms with E-state index in [0.29, 0.717) is 17.8 Å². The molecule has 0 fully saturated rings. The van der Waals surface area contributed by atoms with Crippen molar-refractivity contribution in [2.75, 3.05) is 6.61 Å². The van der Waals surface area contributed by atoms with E-state index in [2.05, 4.69) is 98.1 Å². The summed E-state index contributed by atoms with van der Waals surface area (Å²) in [7, 11) is 0. The molecule has 5 aromatic rings. The van der Waals surface area contributed by atoms with Gasteiger partial charge in [-0.05, 0) is 81.6 Å². The number of benzene rings is 5. The second-order valence-corrected chi connectivity index (χ2v) is 10.6. The van der Waals surface area contributed by atoms with Crippen LogP contribution >= 0.6 is 0 Å². The van der Waals surface area contributed by atoms with Gasteiger partial charge in [-0.2, -0.15) is 0 Å². The lowest BCUT2D eigenvalue weighted by Crippen LogP contribution is -2.06. The maximum Gasteiger partial charge on any atom is 0.333 e. The van der Waals surface area contributed by atoms with Gasteiger partial charge in [-0.1, -0.05) is 110 Å². The third-order valence-corrected chi connectivity index (χ3v) is 7.33. The molecule has 0 aliphatic carbocycles. The summed E-state index contributed by atoms with van der Waals surface area (Å²) < 4.78 is 10.6. The predicted octanol–water partition coefficient (Wildman–Crippen LogP) is 9.00. The molecule has 0 heterocycles. The van der Waals surface area contributed by atoms with Gasteiger partial charge in [0.2, 0.25) is 0 Å². The molecule has 4 nitrogen and oxygen atoms in total. The van der Waals surface area contributed by atoms with Crippen LogP contribution < -0.4 is 0 Å². The third kappa shape index (κ3) is 6.18. The maximum atomic E-state index is 11.8. The number of rotatable bonds is 10. The van der Waals surface area contributed by atoms with Crippen molar-refractivity contribution in [2.45, 2.75) is 33.3 Å². The summed E-state index contributed by atoms with van der Waals surface area (Å²) in [6.45, 7) is 11.2. The topological polar surface area (TPSA) is 52.6 Å². The number of aryl methyl sites for hydroxylation is 1. The standard InChI is InChI=1S/C38H34O4/c1-25(2)37(39)41-23-9-10-27-15-19-29(20-16-27)35-31-11-5-7-13-33(31)36(34-14-8-6-12-32(34)35)30-21-17-28(18-22-30)24-42-38(40)26(3)4/h5-8,11-22H,1,3,9-10,23-24H2,2,4H3. The summed E-state index contributed by atoms with van der Waals surface area (Å²) in [6.07, 6.45) is 1.58. The molecule has 5 rings (SSSR count). The molecule has 42 heavy (non-hydrogen) atoms. The Balaban J connectivity index is 1.48. The van der Waals surface area contributed by atoms with E-state index in [9.17, 15) is 9.59 Å². The van der Waals surface area contributed by atoms with Crippen LogP contribution in [0.2, 0.25) is 0 Å². The van der Waals surface area contributed by atoms with Crippen molar-refractivity contribution in [3.05, 3.63) is 132 Å². The highest BCUT2D eigenvalue weighted by Crippen LogP contribution is 2.43. The fourth-order valence-corrected chi connectivity index (χ4v) is 5.19. The second-order valence-electron chi connectivity index (χ2n) is 10.6. The SMILES string of the molecule is C=C(C)C(=O)OCCCc1ccc(-c2c3ccccc3c(-c3ccc(COC(=O)C(=C)C)cc3)c3ccccc23)cc1. The molecule has 0 aliphatic heterocycles. The van der Waals surface area contributed by atoms with E-state index >= 15 is 0 Å². The number of ether oxygens (including phenoxy) is 2. The molecule has 5 aromatic carbocycles. The van der Waals surface area contributed by atoms with Gasteiger partial charge in [-0.3, -0.25) is 0 Å². The Bertz CT molecular complexity index is 1740. The maximum absolute atomic E-state index is 11.8. The van der Waals surface area contributed by atoms with Crippen molar-refractivity contribution < 1.29 is 19.1 Å². The van der Waals surface area contributed by atoms with Crippen molar-refractivity contribution >= 4 is 33.5 Å². The lowest BCUT2D eigenvalue weighted by molar-refractivity contribution is -0.140. The van der Waals surface area contributed by atoms with Gasteiger partial charge in [0.05, 0.1) is 6.61 Å². The van der Waals surface area contributed by atoms with E-state index in [-0.39, 0.29) is 18.5 Å². The van der Waals surface area contributed by atoms with E-state index in [1.807, 2.05) is 12.1 Å². The normalized spacial score (nSPS) is 10.9. The Kier molecular flexibility index (Phi) is 8.63. The smallest absolute Gasteiger partial charge is 0.333 e. The van der Waals surface area contributed by atoms with Crippen LogP contribution in [0.3, 0.4) is 0 Å². The van der Waals surface area contributed by atoms with Crippen LogP contribution in [0.25, 0.3) is 43.8 Å². The van der Waals surface area contributed by atoms with Crippen molar-refractivity contribution in [3.63, 3.8) is 0 Å². The lowest BCUT2D eigenvalue weighted by atomic mass is 9.85. The molecule has 0 bridgehead atoms. The van der Waals surface area contributed by atoms with E-state index in [1.54, 1.807) is 13.8 Å². The summed E-state index contributed by atoms with van der Waals surface area (Å²) in [5.74, 6) is -0.726. The Labute approximate surface area is 246 Å². The number of carbonyl (C=O) groups is 2. The van der Waals surface area contributed by atoms with Crippen molar-refractivity contribution in [1.82, 2.24) is 0 Å². The van der Waals surface area contributed by atoms with Crippen LogP contribution in [0, 0.1) is 0 Å². The molecule has 0 N–H and O–H groups in total. The second kappa shape index (κ2) is 12.7. The lowest BCUT2D eigenvalue weighted by Gasteiger charge is -2.18. The molecule has 0 saturated heterocycles. The molecule has 4 heteroatoms. The van der Waals surface area contributed by atoms with Gasteiger partial charge in [0.1, 0.15) is 6.61 Å². The molecule has 0 aliphatic rings. The summed E-state index contributed by atoms with van der Waals surface area (Å²) in [5.41, 5.74) is 7.57. The number of carbonyl (C=O) groups excluding carboxylic acids is 2. The fraction of sp³-hybridized carbons (Fsp3) is 0.158. The first-order chi connectivity index (χ1) is 20.3. The van der Waals surface area contributed by atoms with E-state index < -0.39 is 0 Å². The highest BCUT2D eigenvalue weighted by Gasteiger charge is 2.16. The van der Waals surface area contributed by atoms with Crippen LogP contribution in [0.15, 0.2) is 121 Å². The first-order valence-electron chi connectivity index (χ1n) is 14.1. The highest BCUT2D eigenvalue weighted by molar-refractivity contribution is 6.21. The average molecular weight is 555 g/mol. The van der Waals surface area contributed by atoms with E-state index in [0.717, 1.165) is 29.5 Å². The molecule has 0 spiro atoms. The van der Waals surface area contributed by atoms with Gasteiger partial charge in [0, 0.05) is 11.1 Å². The minimum absolute atomic E-state index is 0.210. The quantitative estimate of drug-likeness (QED) is 0.0748. The van der Waals surface area contributed by atoms with Crippen LogP contribution in [-0.4, -0.2) is 18.5 Å². The zero-order valence-electron chi connectivity index (χ0n) is 24.1. The molecular formula is C38H34O4. The number of esters is 2. The first-order valence-corrected chi connectivity index (χ1v) is 14.1. The number of fused-ring (bicyclic) bond motifs is 2. The highest BCUT2D eigenvalue weighted by atomic mass is 16.5. The Morgan fingerprint density at radius 1 is 0.571 bits per heavy atom. The van der Waals surface area contributed by atoms with Crippen LogP contribution in [0.4, 0.5) is 0 Å². The molecule has 0 atom stereocenters. The van der Waals surface area contributed by atoms with Gasteiger partial charge < -0.3 is 9.47 Å². The monoisotopic (exact) mass is 554 g/mol. The zero-order chi connectivity index (χ0) is 29.6. The van der Waals surface area contributed by atoms with E-state index in [1.165, 1.54) is 38.2 Å². The fourth-order valence-electron chi connectivity index (χ4n) is 5.19. The Morgan fingerprint density at radius 3 is 1.40 bits per heavy atom. The summed E-state index contributed by atoms with van der Waals surface area (Å²) >= 11 is 0. The largest absolute Gasteiger partial charge is 0.462 e. The van der Waals surface area contributed by atoms with E-state index in [4.69, 9.17) is 9.47 Å².